The fraction of sp³-hybridized carbons (Fsp3) is 0.652. The summed E-state index contributed by atoms with van der Waals surface area (Å²) < 4.78 is 0. The summed E-state index contributed by atoms with van der Waals surface area (Å²) in [4.78, 5) is 27.5. The van der Waals surface area contributed by atoms with Gasteiger partial charge in [0.15, 0.2) is 0 Å². The maximum atomic E-state index is 13.0. The molecule has 5 aliphatic rings. The highest BCUT2D eigenvalue weighted by molar-refractivity contribution is 5.95. The van der Waals surface area contributed by atoms with E-state index in [9.17, 15) is 9.59 Å². The molecular weight excluding hydrogens is 336 g/mol. The number of nitrogens with zero attached hydrogens (tertiary/aromatic N) is 1. The molecule has 1 heterocycles. The van der Waals surface area contributed by atoms with Gasteiger partial charge in [0.2, 0.25) is 11.8 Å². The van der Waals surface area contributed by atoms with Gasteiger partial charge in [0.1, 0.15) is 0 Å². The van der Waals surface area contributed by atoms with E-state index in [2.05, 4.69) is 11.4 Å². The number of anilines is 1. The van der Waals surface area contributed by atoms with E-state index < -0.39 is 0 Å². The van der Waals surface area contributed by atoms with Gasteiger partial charge in [-0.05, 0) is 80.8 Å². The lowest BCUT2D eigenvalue weighted by Gasteiger charge is -2.55. The molecule has 2 amide bonds. The lowest BCUT2D eigenvalue weighted by molar-refractivity contribution is -0.146. The molecule has 1 N–H and O–H groups in total. The molecule has 1 aromatic rings. The molecule has 4 saturated carbocycles. The summed E-state index contributed by atoms with van der Waals surface area (Å²) >= 11 is 0. The number of benzene rings is 1. The number of hydrogen-bond donors (Lipinski definition) is 1. The molecule has 0 aromatic heterocycles. The van der Waals surface area contributed by atoms with Crippen LogP contribution in [0.25, 0.3) is 0 Å². The molecule has 0 radical (unpaired) electrons. The second-order valence-corrected chi connectivity index (χ2v) is 9.48. The average Bonchev–Trinajstić information content (AvgIpc) is 3.08. The van der Waals surface area contributed by atoms with Crippen molar-refractivity contribution in [3.63, 3.8) is 0 Å². The summed E-state index contributed by atoms with van der Waals surface area (Å²) in [5.74, 6) is 2.83. The molecule has 144 valence electrons. The van der Waals surface area contributed by atoms with Crippen molar-refractivity contribution in [2.45, 2.75) is 57.8 Å². The van der Waals surface area contributed by atoms with Gasteiger partial charge in [0.05, 0.1) is 0 Å². The molecule has 4 heteroatoms. The van der Waals surface area contributed by atoms with E-state index in [1.54, 1.807) is 0 Å². The Hall–Kier alpha value is -1.84. The third-order valence-electron chi connectivity index (χ3n) is 7.56. The molecule has 0 atom stereocenters. The van der Waals surface area contributed by atoms with Crippen molar-refractivity contribution < 1.29 is 9.59 Å². The Morgan fingerprint density at radius 1 is 1.04 bits per heavy atom. The van der Waals surface area contributed by atoms with E-state index in [1.807, 2.05) is 23.1 Å². The Balaban J connectivity index is 1.11. The number of fused-ring (bicyclic) bond motifs is 1. The van der Waals surface area contributed by atoms with E-state index in [4.69, 9.17) is 0 Å². The van der Waals surface area contributed by atoms with Crippen LogP contribution < -0.4 is 10.2 Å². The molecular formula is C23H30N2O2. The van der Waals surface area contributed by atoms with E-state index in [-0.39, 0.29) is 17.2 Å². The largest absolute Gasteiger partial charge is 0.356 e. The first-order chi connectivity index (χ1) is 13.1. The summed E-state index contributed by atoms with van der Waals surface area (Å²) in [6.07, 6.45) is 9.59. The maximum Gasteiger partial charge on any atom is 0.227 e. The van der Waals surface area contributed by atoms with Crippen LogP contribution in [0.2, 0.25) is 0 Å². The zero-order valence-corrected chi connectivity index (χ0v) is 16.1. The van der Waals surface area contributed by atoms with Gasteiger partial charge in [-0.15, -0.1) is 0 Å². The Kier molecular flexibility index (Phi) is 4.25. The van der Waals surface area contributed by atoms with Crippen LogP contribution in [0.4, 0.5) is 5.69 Å². The highest BCUT2D eigenvalue weighted by atomic mass is 16.2. The van der Waals surface area contributed by atoms with E-state index in [0.29, 0.717) is 13.0 Å². The van der Waals surface area contributed by atoms with Crippen molar-refractivity contribution in [3.05, 3.63) is 29.8 Å². The van der Waals surface area contributed by atoms with Crippen molar-refractivity contribution in [1.82, 2.24) is 5.32 Å². The van der Waals surface area contributed by atoms with Gasteiger partial charge in [-0.25, -0.2) is 0 Å². The van der Waals surface area contributed by atoms with Gasteiger partial charge >= 0.3 is 0 Å². The highest BCUT2D eigenvalue weighted by Crippen LogP contribution is 2.60. The number of nitrogens with one attached hydrogen (secondary N) is 1. The Morgan fingerprint density at radius 3 is 2.41 bits per heavy atom. The number of hydrogen-bond acceptors (Lipinski definition) is 2. The van der Waals surface area contributed by atoms with Crippen molar-refractivity contribution in [1.29, 1.82) is 0 Å². The van der Waals surface area contributed by atoms with Gasteiger partial charge in [-0.2, -0.15) is 0 Å². The van der Waals surface area contributed by atoms with Crippen LogP contribution >= 0.6 is 0 Å². The number of carbonyl (C=O) groups is 2. The minimum atomic E-state index is -0.0767. The molecule has 4 bridgehead atoms. The first-order valence-electron chi connectivity index (χ1n) is 10.8. The third kappa shape index (κ3) is 3.07. The lowest BCUT2D eigenvalue weighted by Crippen LogP contribution is -2.53. The summed E-state index contributed by atoms with van der Waals surface area (Å²) in [6, 6.07) is 8.17. The van der Waals surface area contributed by atoms with E-state index in [1.165, 1.54) is 24.8 Å². The first-order valence-corrected chi connectivity index (χ1v) is 10.8. The summed E-state index contributed by atoms with van der Waals surface area (Å²) in [5, 5.41) is 3.20. The number of para-hydroxylation sites is 1. The summed E-state index contributed by atoms with van der Waals surface area (Å²) in [6.45, 7) is 1.42. The average molecular weight is 367 g/mol. The molecule has 0 saturated heterocycles. The number of amides is 2. The van der Waals surface area contributed by atoms with Crippen LogP contribution in [0.15, 0.2) is 24.3 Å². The number of carbonyl (C=O) groups excluding carboxylic acids is 2. The van der Waals surface area contributed by atoms with Crippen LogP contribution in [0.1, 0.15) is 56.9 Å². The molecule has 1 aliphatic heterocycles. The summed E-state index contributed by atoms with van der Waals surface area (Å²) in [5.41, 5.74) is 2.26. The minimum absolute atomic E-state index is 0.0767. The molecule has 4 aliphatic carbocycles. The first kappa shape index (κ1) is 17.3. The molecule has 1 aromatic carbocycles. The van der Waals surface area contributed by atoms with Crippen LogP contribution in [-0.2, 0) is 16.0 Å². The molecule has 0 unspecified atom stereocenters. The zero-order valence-electron chi connectivity index (χ0n) is 16.1. The Bertz CT molecular complexity index is 721. The topological polar surface area (TPSA) is 49.4 Å². The standard InChI is InChI=1S/C23H30N2O2/c26-21(25-9-7-19-4-1-2-5-20(19)25)6-3-8-24-22(27)23-13-16-10-17(14-23)12-18(11-16)15-23/h1-2,4-5,16-18H,3,6-15H2,(H,24,27). The predicted octanol–water partition coefficient (Wildman–Crippen LogP) is 3.69. The molecule has 4 fully saturated rings. The minimum Gasteiger partial charge on any atom is -0.356 e. The van der Waals surface area contributed by atoms with Crippen molar-refractivity contribution in [3.8, 4) is 0 Å². The van der Waals surface area contributed by atoms with E-state index in [0.717, 1.165) is 62.1 Å². The van der Waals surface area contributed by atoms with Crippen LogP contribution in [0.3, 0.4) is 0 Å². The Labute approximate surface area is 161 Å². The summed E-state index contributed by atoms with van der Waals surface area (Å²) in [7, 11) is 0. The second kappa shape index (κ2) is 6.65. The van der Waals surface area contributed by atoms with Crippen molar-refractivity contribution >= 4 is 17.5 Å². The quantitative estimate of drug-likeness (QED) is 0.808. The van der Waals surface area contributed by atoms with Crippen LogP contribution in [-0.4, -0.2) is 24.9 Å². The van der Waals surface area contributed by atoms with Gasteiger partial charge < -0.3 is 10.2 Å². The lowest BCUT2D eigenvalue weighted by atomic mass is 9.49. The molecule has 6 rings (SSSR count). The van der Waals surface area contributed by atoms with Gasteiger partial charge in [-0.1, -0.05) is 18.2 Å². The van der Waals surface area contributed by atoms with Gasteiger partial charge in [0.25, 0.3) is 0 Å². The molecule has 0 spiro atoms. The van der Waals surface area contributed by atoms with Gasteiger partial charge in [0, 0.05) is 30.6 Å². The normalized spacial score (nSPS) is 33.2. The fourth-order valence-electron chi connectivity index (χ4n) is 6.75. The van der Waals surface area contributed by atoms with Crippen molar-refractivity contribution in [2.24, 2.45) is 23.2 Å². The molecule has 4 nitrogen and oxygen atoms in total. The van der Waals surface area contributed by atoms with Crippen LogP contribution in [0.5, 0.6) is 0 Å². The second-order valence-electron chi connectivity index (χ2n) is 9.48. The SMILES string of the molecule is O=C(CCCNC(=O)C12CC3CC(CC(C3)C1)C2)N1CCc2ccccc21. The maximum absolute atomic E-state index is 13.0. The molecule has 27 heavy (non-hydrogen) atoms. The van der Waals surface area contributed by atoms with E-state index >= 15 is 0 Å². The van der Waals surface area contributed by atoms with Crippen molar-refractivity contribution in [2.75, 3.05) is 18.0 Å². The monoisotopic (exact) mass is 366 g/mol. The smallest absolute Gasteiger partial charge is 0.227 e. The fourth-order valence-corrected chi connectivity index (χ4v) is 6.75. The zero-order chi connectivity index (χ0) is 18.4. The number of rotatable bonds is 5. The van der Waals surface area contributed by atoms with Gasteiger partial charge in [-0.3, -0.25) is 9.59 Å². The highest BCUT2D eigenvalue weighted by Gasteiger charge is 2.54. The third-order valence-corrected chi connectivity index (χ3v) is 7.56. The van der Waals surface area contributed by atoms with Crippen LogP contribution in [0, 0.1) is 23.2 Å². The predicted molar refractivity (Wildman–Crippen MR) is 105 cm³/mol. The Morgan fingerprint density at radius 2 is 1.70 bits per heavy atom.